The van der Waals surface area contributed by atoms with Gasteiger partial charge in [-0.15, -0.1) is 0 Å². The molecule has 1 heterocycles. The molecule has 146 valence electrons. The van der Waals surface area contributed by atoms with Crippen molar-refractivity contribution in [1.29, 1.82) is 0 Å². The summed E-state index contributed by atoms with van der Waals surface area (Å²) < 4.78 is 5.43. The van der Waals surface area contributed by atoms with E-state index in [2.05, 4.69) is 5.16 Å². The molecule has 5 nitrogen and oxygen atoms in total. The maximum atomic E-state index is 12.4. The molecule has 28 heavy (non-hydrogen) atoms. The average Bonchev–Trinajstić information content (AvgIpc) is 3.22. The van der Waals surface area contributed by atoms with Gasteiger partial charge in [0.25, 0.3) is 0 Å². The van der Waals surface area contributed by atoms with E-state index in [1.165, 1.54) is 0 Å². The van der Waals surface area contributed by atoms with Gasteiger partial charge in [0, 0.05) is 31.6 Å². The van der Waals surface area contributed by atoms with Crippen molar-refractivity contribution in [3.8, 4) is 11.3 Å². The quantitative estimate of drug-likeness (QED) is 0.567. The molecule has 0 aliphatic rings. The fourth-order valence-electron chi connectivity index (χ4n) is 3.15. The first-order valence-electron chi connectivity index (χ1n) is 9.71. The Hall–Kier alpha value is -2.92. The van der Waals surface area contributed by atoms with E-state index in [1.807, 2.05) is 73.8 Å². The standard InChI is InChI=1S/C23H27N3O2/c1-26(23(27)22(24)19-13-7-3-8-14-19)16-10-4-9-15-20-17-21(25-28-20)18-11-5-2-6-12-18/h2-3,5-8,11-14,17,22H,4,9-10,15-16,24H2,1H3. The molecule has 1 amide bonds. The highest BCUT2D eigenvalue weighted by molar-refractivity contribution is 5.82. The van der Waals surface area contributed by atoms with Gasteiger partial charge in [0.05, 0.1) is 0 Å². The van der Waals surface area contributed by atoms with Crippen LogP contribution in [-0.2, 0) is 11.2 Å². The number of nitrogens with two attached hydrogens (primary N) is 1. The zero-order valence-corrected chi connectivity index (χ0v) is 16.3. The van der Waals surface area contributed by atoms with Crippen molar-refractivity contribution in [2.75, 3.05) is 13.6 Å². The molecule has 0 aliphatic carbocycles. The second-order valence-corrected chi connectivity index (χ2v) is 7.00. The van der Waals surface area contributed by atoms with Crippen molar-refractivity contribution in [3.05, 3.63) is 78.1 Å². The van der Waals surface area contributed by atoms with Gasteiger partial charge < -0.3 is 15.2 Å². The normalized spacial score (nSPS) is 11.9. The van der Waals surface area contributed by atoms with Crippen LogP contribution in [0.1, 0.15) is 36.6 Å². The van der Waals surface area contributed by atoms with Crippen molar-refractivity contribution in [2.45, 2.75) is 31.7 Å². The van der Waals surface area contributed by atoms with Crippen molar-refractivity contribution in [3.63, 3.8) is 0 Å². The van der Waals surface area contributed by atoms with Gasteiger partial charge in [-0.25, -0.2) is 0 Å². The Morgan fingerprint density at radius 3 is 2.43 bits per heavy atom. The third kappa shape index (κ3) is 5.30. The summed E-state index contributed by atoms with van der Waals surface area (Å²) in [6, 6.07) is 20.9. The van der Waals surface area contributed by atoms with E-state index < -0.39 is 6.04 Å². The Balaban J connectivity index is 1.38. The number of likely N-dealkylation sites (N-methyl/N-ethyl adjacent to an activating group) is 1. The van der Waals surface area contributed by atoms with Gasteiger partial charge in [0.2, 0.25) is 5.91 Å². The van der Waals surface area contributed by atoms with Crippen LogP contribution in [0.15, 0.2) is 71.3 Å². The van der Waals surface area contributed by atoms with E-state index in [4.69, 9.17) is 10.3 Å². The van der Waals surface area contributed by atoms with Gasteiger partial charge in [0.15, 0.2) is 0 Å². The van der Waals surface area contributed by atoms with Crippen molar-refractivity contribution < 1.29 is 9.32 Å². The SMILES string of the molecule is CN(CCCCCc1cc(-c2ccccc2)no1)C(=O)C(N)c1ccccc1. The second-order valence-electron chi connectivity index (χ2n) is 7.00. The number of nitrogens with zero attached hydrogens (tertiary/aromatic N) is 2. The summed E-state index contributed by atoms with van der Waals surface area (Å²) in [5.41, 5.74) is 8.87. The topological polar surface area (TPSA) is 72.4 Å². The minimum absolute atomic E-state index is 0.0473. The lowest BCUT2D eigenvalue weighted by molar-refractivity contribution is -0.131. The Labute approximate surface area is 166 Å². The molecule has 2 aromatic carbocycles. The smallest absolute Gasteiger partial charge is 0.243 e. The Morgan fingerprint density at radius 2 is 1.71 bits per heavy atom. The first-order chi connectivity index (χ1) is 13.6. The van der Waals surface area contributed by atoms with Crippen molar-refractivity contribution in [1.82, 2.24) is 10.1 Å². The predicted octanol–water partition coefficient (Wildman–Crippen LogP) is 4.21. The lowest BCUT2D eigenvalue weighted by atomic mass is 10.1. The van der Waals surface area contributed by atoms with Crippen LogP contribution in [0.4, 0.5) is 0 Å². The first-order valence-corrected chi connectivity index (χ1v) is 9.71. The summed E-state index contributed by atoms with van der Waals surface area (Å²) in [6.45, 7) is 0.699. The minimum Gasteiger partial charge on any atom is -0.361 e. The zero-order chi connectivity index (χ0) is 19.8. The molecular weight excluding hydrogens is 350 g/mol. The lowest BCUT2D eigenvalue weighted by Crippen LogP contribution is -2.36. The van der Waals surface area contributed by atoms with Crippen molar-refractivity contribution >= 4 is 5.91 Å². The highest BCUT2D eigenvalue weighted by Gasteiger charge is 2.19. The summed E-state index contributed by atoms with van der Waals surface area (Å²) in [5.74, 6) is 0.850. The minimum atomic E-state index is -0.600. The van der Waals surface area contributed by atoms with Crippen LogP contribution >= 0.6 is 0 Å². The largest absolute Gasteiger partial charge is 0.361 e. The number of rotatable bonds is 9. The van der Waals surface area contributed by atoms with Crippen LogP contribution in [-0.4, -0.2) is 29.6 Å². The number of amides is 1. The van der Waals surface area contributed by atoms with Crippen LogP contribution in [0.25, 0.3) is 11.3 Å². The summed E-state index contributed by atoms with van der Waals surface area (Å²) in [4.78, 5) is 14.2. The fraction of sp³-hybridized carbons (Fsp3) is 0.304. The molecule has 0 aliphatic heterocycles. The fourth-order valence-corrected chi connectivity index (χ4v) is 3.15. The van der Waals surface area contributed by atoms with E-state index >= 15 is 0 Å². The van der Waals surface area contributed by atoms with Gasteiger partial charge >= 0.3 is 0 Å². The van der Waals surface area contributed by atoms with Crippen LogP contribution in [0, 0.1) is 0 Å². The summed E-state index contributed by atoms with van der Waals surface area (Å²) in [5, 5.41) is 4.14. The molecule has 0 bridgehead atoms. The number of benzene rings is 2. The number of hydrogen-bond donors (Lipinski definition) is 1. The average molecular weight is 377 g/mol. The summed E-state index contributed by atoms with van der Waals surface area (Å²) >= 11 is 0. The van der Waals surface area contributed by atoms with Gasteiger partial charge in [0.1, 0.15) is 17.5 Å². The number of carbonyl (C=O) groups is 1. The highest BCUT2D eigenvalue weighted by atomic mass is 16.5. The Kier molecular flexibility index (Phi) is 6.98. The van der Waals surface area contributed by atoms with Gasteiger partial charge in [-0.3, -0.25) is 4.79 Å². The monoisotopic (exact) mass is 377 g/mol. The molecule has 1 atom stereocenters. The Morgan fingerprint density at radius 1 is 1.04 bits per heavy atom. The molecule has 0 fully saturated rings. The molecule has 1 aromatic heterocycles. The highest BCUT2D eigenvalue weighted by Crippen LogP contribution is 2.20. The van der Waals surface area contributed by atoms with Crippen LogP contribution in [0.3, 0.4) is 0 Å². The predicted molar refractivity (Wildman–Crippen MR) is 111 cm³/mol. The van der Waals surface area contributed by atoms with E-state index in [-0.39, 0.29) is 5.91 Å². The van der Waals surface area contributed by atoms with Crippen molar-refractivity contribution in [2.24, 2.45) is 5.73 Å². The van der Waals surface area contributed by atoms with Crippen LogP contribution in [0.5, 0.6) is 0 Å². The van der Waals surface area contributed by atoms with E-state index in [0.29, 0.717) is 6.54 Å². The van der Waals surface area contributed by atoms with Gasteiger partial charge in [-0.05, 0) is 18.4 Å². The molecule has 0 saturated heterocycles. The van der Waals surface area contributed by atoms with Crippen LogP contribution in [0.2, 0.25) is 0 Å². The molecule has 2 N–H and O–H groups in total. The number of unbranched alkanes of at least 4 members (excludes halogenated alkanes) is 2. The number of aryl methyl sites for hydroxylation is 1. The molecule has 0 spiro atoms. The molecule has 3 rings (SSSR count). The molecule has 5 heteroatoms. The number of carbonyl (C=O) groups excluding carboxylic acids is 1. The molecule has 3 aromatic rings. The van der Waals surface area contributed by atoms with Crippen LogP contribution < -0.4 is 5.73 Å². The van der Waals surface area contributed by atoms with Gasteiger partial charge in [-0.1, -0.05) is 72.2 Å². The molecule has 1 unspecified atom stereocenters. The van der Waals surface area contributed by atoms with E-state index in [1.54, 1.807) is 4.90 Å². The second kappa shape index (κ2) is 9.85. The Bertz CT molecular complexity index is 862. The summed E-state index contributed by atoms with van der Waals surface area (Å²) in [6.07, 6.45) is 3.79. The zero-order valence-electron chi connectivity index (χ0n) is 16.3. The van der Waals surface area contributed by atoms with Gasteiger partial charge in [-0.2, -0.15) is 0 Å². The lowest BCUT2D eigenvalue weighted by Gasteiger charge is -2.21. The summed E-state index contributed by atoms with van der Waals surface area (Å²) in [7, 11) is 1.81. The molecular formula is C23H27N3O2. The van der Waals surface area contributed by atoms with E-state index in [0.717, 1.165) is 48.3 Å². The number of hydrogen-bond acceptors (Lipinski definition) is 4. The van der Waals surface area contributed by atoms with E-state index in [9.17, 15) is 4.79 Å². The third-order valence-corrected chi connectivity index (χ3v) is 4.85. The first kappa shape index (κ1) is 19.8. The maximum absolute atomic E-state index is 12.4. The third-order valence-electron chi connectivity index (χ3n) is 4.85. The number of aromatic nitrogens is 1. The molecule has 0 saturated carbocycles. The maximum Gasteiger partial charge on any atom is 0.243 e. The molecule has 0 radical (unpaired) electrons.